The van der Waals surface area contributed by atoms with Crippen LogP contribution in [0.2, 0.25) is 0 Å². The molecule has 158 valence electrons. The lowest BCUT2D eigenvalue weighted by Crippen LogP contribution is -2.43. The summed E-state index contributed by atoms with van der Waals surface area (Å²) in [6.07, 6.45) is 1.60. The summed E-state index contributed by atoms with van der Waals surface area (Å²) in [4.78, 5) is 15.1. The molecule has 0 saturated carbocycles. The SMILES string of the molecule is COc1ccc(-c2c(C)c(C(=O)N3CCC(N)CC3)nn2-c2ccc(C#N)cc2)cc1. The number of amides is 1. The van der Waals surface area contributed by atoms with Gasteiger partial charge in [0.2, 0.25) is 0 Å². The smallest absolute Gasteiger partial charge is 0.274 e. The van der Waals surface area contributed by atoms with Crippen molar-refractivity contribution < 1.29 is 9.53 Å². The van der Waals surface area contributed by atoms with Crippen LogP contribution < -0.4 is 10.5 Å². The van der Waals surface area contributed by atoms with E-state index in [0.717, 1.165) is 41.1 Å². The van der Waals surface area contributed by atoms with Gasteiger partial charge in [-0.2, -0.15) is 10.4 Å². The number of methoxy groups -OCH3 is 1. The summed E-state index contributed by atoms with van der Waals surface area (Å²) in [6, 6.07) is 17.1. The van der Waals surface area contributed by atoms with Gasteiger partial charge in [-0.3, -0.25) is 4.79 Å². The summed E-state index contributed by atoms with van der Waals surface area (Å²) >= 11 is 0. The molecule has 4 rings (SSSR count). The average molecular weight is 415 g/mol. The fourth-order valence-electron chi connectivity index (χ4n) is 3.90. The standard InChI is InChI=1S/C24H25N5O2/c1-16-22(24(30)28-13-11-19(26)12-14-28)27-29(20-7-3-17(15-25)4-8-20)23(16)18-5-9-21(31-2)10-6-18/h3-10,19H,11-14,26H2,1-2H3. The first-order valence-corrected chi connectivity index (χ1v) is 10.3. The number of nitrogens with two attached hydrogens (primary N) is 1. The topological polar surface area (TPSA) is 97.2 Å². The molecule has 7 heteroatoms. The van der Waals surface area contributed by atoms with Gasteiger partial charge in [0.25, 0.3) is 5.91 Å². The molecule has 3 aromatic rings. The van der Waals surface area contributed by atoms with Crippen molar-refractivity contribution in [3.8, 4) is 28.8 Å². The van der Waals surface area contributed by atoms with Crippen molar-refractivity contribution in [3.63, 3.8) is 0 Å². The number of hydrogen-bond acceptors (Lipinski definition) is 5. The molecule has 0 bridgehead atoms. The Morgan fingerprint density at radius 1 is 1.13 bits per heavy atom. The van der Waals surface area contributed by atoms with Gasteiger partial charge >= 0.3 is 0 Å². The second-order valence-electron chi connectivity index (χ2n) is 7.75. The highest BCUT2D eigenvalue weighted by atomic mass is 16.5. The van der Waals surface area contributed by atoms with Crippen molar-refractivity contribution in [2.24, 2.45) is 5.73 Å². The van der Waals surface area contributed by atoms with Crippen molar-refractivity contribution in [1.82, 2.24) is 14.7 Å². The number of rotatable bonds is 4. The number of nitrogens with zero attached hydrogens (tertiary/aromatic N) is 4. The van der Waals surface area contributed by atoms with Crippen LogP contribution in [-0.2, 0) is 0 Å². The highest BCUT2D eigenvalue weighted by Crippen LogP contribution is 2.31. The van der Waals surface area contributed by atoms with Gasteiger partial charge in [0.15, 0.2) is 5.69 Å². The van der Waals surface area contributed by atoms with E-state index < -0.39 is 0 Å². The molecule has 2 aromatic carbocycles. The molecule has 1 aliphatic rings. The maximum Gasteiger partial charge on any atom is 0.274 e. The molecule has 0 aliphatic carbocycles. The molecule has 2 heterocycles. The van der Waals surface area contributed by atoms with Gasteiger partial charge in [-0.25, -0.2) is 4.68 Å². The first-order chi connectivity index (χ1) is 15.0. The van der Waals surface area contributed by atoms with Crippen molar-refractivity contribution >= 4 is 5.91 Å². The summed E-state index contributed by atoms with van der Waals surface area (Å²) in [5.41, 5.74) is 10.4. The molecule has 7 nitrogen and oxygen atoms in total. The zero-order valence-corrected chi connectivity index (χ0v) is 17.7. The van der Waals surface area contributed by atoms with Crippen LogP contribution in [0, 0.1) is 18.3 Å². The Bertz CT molecular complexity index is 1120. The maximum atomic E-state index is 13.3. The number of ether oxygens (including phenoxy) is 1. The van der Waals surface area contributed by atoms with Crippen LogP contribution in [0.5, 0.6) is 5.75 Å². The van der Waals surface area contributed by atoms with Crippen molar-refractivity contribution in [1.29, 1.82) is 5.26 Å². The third kappa shape index (κ3) is 4.03. The lowest BCUT2D eigenvalue weighted by molar-refractivity contribution is 0.0707. The van der Waals surface area contributed by atoms with E-state index in [1.54, 1.807) is 23.9 Å². The third-order valence-electron chi connectivity index (χ3n) is 5.76. The number of carbonyl (C=O) groups excluding carboxylic acids is 1. The summed E-state index contributed by atoms with van der Waals surface area (Å²) in [5, 5.41) is 13.9. The molecule has 0 spiro atoms. The van der Waals surface area contributed by atoms with E-state index in [2.05, 4.69) is 6.07 Å². The van der Waals surface area contributed by atoms with Gasteiger partial charge in [0.05, 0.1) is 30.1 Å². The number of carbonyl (C=O) groups is 1. The number of piperidine rings is 1. The van der Waals surface area contributed by atoms with E-state index in [0.29, 0.717) is 24.3 Å². The van der Waals surface area contributed by atoms with E-state index in [9.17, 15) is 4.79 Å². The normalized spacial score (nSPS) is 14.3. The Kier molecular flexibility index (Phi) is 5.74. The predicted octanol–water partition coefficient (Wildman–Crippen LogP) is 3.29. The summed E-state index contributed by atoms with van der Waals surface area (Å²) in [7, 11) is 1.63. The number of hydrogen-bond donors (Lipinski definition) is 1. The molecule has 0 unspecified atom stereocenters. The molecule has 1 aromatic heterocycles. The number of nitriles is 1. The van der Waals surface area contributed by atoms with Crippen LogP contribution in [0.25, 0.3) is 16.9 Å². The lowest BCUT2D eigenvalue weighted by atomic mass is 10.0. The number of aromatic nitrogens is 2. The van der Waals surface area contributed by atoms with Gasteiger partial charge < -0.3 is 15.4 Å². The van der Waals surface area contributed by atoms with E-state index in [-0.39, 0.29) is 11.9 Å². The molecule has 0 atom stereocenters. The van der Waals surface area contributed by atoms with Crippen LogP contribution in [-0.4, -0.2) is 46.8 Å². The van der Waals surface area contributed by atoms with Gasteiger partial charge in [0, 0.05) is 30.3 Å². The van der Waals surface area contributed by atoms with E-state index >= 15 is 0 Å². The molecule has 31 heavy (non-hydrogen) atoms. The first-order valence-electron chi connectivity index (χ1n) is 10.3. The Morgan fingerprint density at radius 3 is 2.35 bits per heavy atom. The minimum atomic E-state index is -0.0773. The second kappa shape index (κ2) is 8.62. The molecular weight excluding hydrogens is 390 g/mol. The van der Waals surface area contributed by atoms with E-state index in [1.807, 2.05) is 48.2 Å². The fourth-order valence-corrected chi connectivity index (χ4v) is 3.90. The monoisotopic (exact) mass is 415 g/mol. The van der Waals surface area contributed by atoms with E-state index in [1.165, 1.54) is 0 Å². The minimum absolute atomic E-state index is 0.0773. The average Bonchev–Trinajstić information content (AvgIpc) is 3.16. The highest BCUT2D eigenvalue weighted by molar-refractivity contribution is 5.95. The Labute approximate surface area is 181 Å². The predicted molar refractivity (Wildman–Crippen MR) is 118 cm³/mol. The summed E-state index contributed by atoms with van der Waals surface area (Å²) in [6.45, 7) is 3.21. The number of likely N-dealkylation sites (tertiary alicyclic amines) is 1. The molecule has 1 aliphatic heterocycles. The first kappa shape index (κ1) is 20.6. The van der Waals surface area contributed by atoms with Gasteiger partial charge in [0.1, 0.15) is 5.75 Å². The van der Waals surface area contributed by atoms with Crippen molar-refractivity contribution in [2.75, 3.05) is 20.2 Å². The summed E-state index contributed by atoms with van der Waals surface area (Å²) in [5.74, 6) is 0.679. The molecule has 0 radical (unpaired) electrons. The van der Waals surface area contributed by atoms with Crippen molar-refractivity contribution in [2.45, 2.75) is 25.8 Å². The van der Waals surface area contributed by atoms with Gasteiger partial charge in [-0.1, -0.05) is 0 Å². The Morgan fingerprint density at radius 2 is 1.77 bits per heavy atom. The zero-order valence-electron chi connectivity index (χ0n) is 17.7. The third-order valence-corrected chi connectivity index (χ3v) is 5.76. The maximum absolute atomic E-state index is 13.3. The molecule has 2 N–H and O–H groups in total. The van der Waals surface area contributed by atoms with Crippen molar-refractivity contribution in [3.05, 3.63) is 65.4 Å². The number of benzene rings is 2. The molecule has 1 amide bonds. The van der Waals surface area contributed by atoms with Crippen LogP contribution in [0.1, 0.15) is 34.5 Å². The highest BCUT2D eigenvalue weighted by Gasteiger charge is 2.28. The van der Waals surface area contributed by atoms with Crippen LogP contribution in [0.3, 0.4) is 0 Å². The summed E-state index contributed by atoms with van der Waals surface area (Å²) < 4.78 is 7.06. The molecule has 1 saturated heterocycles. The Hall–Kier alpha value is -3.63. The minimum Gasteiger partial charge on any atom is -0.497 e. The molecular formula is C24H25N5O2. The quantitative estimate of drug-likeness (QED) is 0.705. The van der Waals surface area contributed by atoms with Gasteiger partial charge in [-0.15, -0.1) is 0 Å². The van der Waals surface area contributed by atoms with Crippen LogP contribution in [0.4, 0.5) is 0 Å². The second-order valence-corrected chi connectivity index (χ2v) is 7.75. The Balaban J connectivity index is 1.80. The van der Waals surface area contributed by atoms with E-state index in [4.69, 9.17) is 20.8 Å². The lowest BCUT2D eigenvalue weighted by Gasteiger charge is -2.29. The van der Waals surface area contributed by atoms with Gasteiger partial charge in [-0.05, 0) is 68.3 Å². The largest absolute Gasteiger partial charge is 0.497 e. The van der Waals surface area contributed by atoms with Crippen LogP contribution in [0.15, 0.2) is 48.5 Å². The fraction of sp³-hybridized carbons (Fsp3) is 0.292. The van der Waals surface area contributed by atoms with Crippen LogP contribution >= 0.6 is 0 Å². The zero-order chi connectivity index (χ0) is 22.0. The molecule has 1 fully saturated rings.